The summed E-state index contributed by atoms with van der Waals surface area (Å²) in [6.45, 7) is 11.1. The van der Waals surface area contributed by atoms with Gasteiger partial charge in [-0.2, -0.15) is 0 Å². The van der Waals surface area contributed by atoms with Crippen molar-refractivity contribution in [2.45, 2.75) is 47.2 Å². The molecule has 0 fully saturated rings. The quantitative estimate of drug-likeness (QED) is 0.345. The van der Waals surface area contributed by atoms with Crippen molar-refractivity contribution in [1.29, 1.82) is 0 Å². The van der Waals surface area contributed by atoms with E-state index >= 15 is 0 Å². The zero-order valence-electron chi connectivity index (χ0n) is 21.1. The number of aryl methyl sites for hydroxylation is 4. The van der Waals surface area contributed by atoms with Crippen LogP contribution in [0.1, 0.15) is 41.0 Å². The number of aromatic nitrogens is 2. The minimum Gasteiger partial charge on any atom is -0.491 e. The molecular weight excluding hydrogens is 438 g/mol. The topological polar surface area (TPSA) is 65.4 Å². The van der Waals surface area contributed by atoms with Gasteiger partial charge in [0.1, 0.15) is 23.9 Å². The third-order valence-electron chi connectivity index (χ3n) is 6.12. The van der Waals surface area contributed by atoms with Crippen LogP contribution in [0.4, 0.5) is 0 Å². The number of nitrogens with zero attached hydrogens (tertiary/aromatic N) is 2. The highest BCUT2D eigenvalue weighted by Crippen LogP contribution is 2.24. The maximum absolute atomic E-state index is 12.7. The van der Waals surface area contributed by atoms with E-state index in [9.17, 15) is 4.79 Å². The maximum Gasteiger partial charge on any atom is 0.258 e. The molecule has 0 radical (unpaired) electrons. The van der Waals surface area contributed by atoms with Crippen LogP contribution in [0.25, 0.3) is 11.0 Å². The summed E-state index contributed by atoms with van der Waals surface area (Å²) in [5.41, 5.74) is 6.23. The monoisotopic (exact) mass is 471 g/mol. The summed E-state index contributed by atoms with van der Waals surface area (Å²) >= 11 is 0. The number of carbonyl (C=O) groups is 1. The fourth-order valence-corrected chi connectivity index (χ4v) is 4.28. The Bertz CT molecular complexity index is 1320. The van der Waals surface area contributed by atoms with E-state index in [1.54, 1.807) is 0 Å². The second-order valence-electron chi connectivity index (χ2n) is 9.03. The SMILES string of the molecule is Cc1ccc(C)c(OCC(=O)NC(C)c2nc3ccccc3n2CCOc2c(C)cccc2C)c1. The molecule has 0 spiro atoms. The van der Waals surface area contributed by atoms with Crippen molar-refractivity contribution in [1.82, 2.24) is 14.9 Å². The van der Waals surface area contributed by atoms with Gasteiger partial charge in [0.15, 0.2) is 6.61 Å². The van der Waals surface area contributed by atoms with Crippen molar-refractivity contribution < 1.29 is 14.3 Å². The zero-order chi connectivity index (χ0) is 24.9. The number of carbonyl (C=O) groups excluding carboxylic acids is 1. The van der Waals surface area contributed by atoms with Crippen LogP contribution in [-0.2, 0) is 11.3 Å². The number of amides is 1. The number of nitrogens with one attached hydrogen (secondary N) is 1. The van der Waals surface area contributed by atoms with Crippen LogP contribution in [-0.4, -0.2) is 28.7 Å². The van der Waals surface area contributed by atoms with Gasteiger partial charge >= 0.3 is 0 Å². The molecule has 0 bridgehead atoms. The van der Waals surface area contributed by atoms with Crippen LogP contribution in [0.5, 0.6) is 11.5 Å². The van der Waals surface area contributed by atoms with E-state index < -0.39 is 0 Å². The van der Waals surface area contributed by atoms with Crippen molar-refractivity contribution in [2.75, 3.05) is 13.2 Å². The Hall–Kier alpha value is -3.80. The second kappa shape index (κ2) is 10.6. The molecule has 6 nitrogen and oxygen atoms in total. The molecule has 1 N–H and O–H groups in total. The van der Waals surface area contributed by atoms with E-state index in [0.29, 0.717) is 13.2 Å². The Morgan fingerprint density at radius 1 is 0.943 bits per heavy atom. The highest BCUT2D eigenvalue weighted by molar-refractivity contribution is 5.79. The van der Waals surface area contributed by atoms with Crippen molar-refractivity contribution in [3.8, 4) is 11.5 Å². The number of ether oxygens (including phenoxy) is 2. The summed E-state index contributed by atoms with van der Waals surface area (Å²) in [6.07, 6.45) is 0. The van der Waals surface area contributed by atoms with Crippen molar-refractivity contribution in [3.05, 3.63) is 88.7 Å². The predicted octanol–water partition coefficient (Wildman–Crippen LogP) is 5.61. The molecule has 0 saturated heterocycles. The van der Waals surface area contributed by atoms with Crippen LogP contribution in [0.15, 0.2) is 60.7 Å². The molecule has 0 saturated carbocycles. The molecule has 4 rings (SSSR count). The number of hydrogen-bond acceptors (Lipinski definition) is 4. The molecule has 4 aromatic rings. The Balaban J connectivity index is 1.46. The van der Waals surface area contributed by atoms with Gasteiger partial charge in [-0.25, -0.2) is 4.98 Å². The smallest absolute Gasteiger partial charge is 0.258 e. The average Bonchev–Trinajstić information content (AvgIpc) is 3.20. The Labute approximate surface area is 206 Å². The largest absolute Gasteiger partial charge is 0.491 e. The first-order chi connectivity index (χ1) is 16.8. The van der Waals surface area contributed by atoms with E-state index in [-0.39, 0.29) is 18.6 Å². The average molecular weight is 472 g/mol. The maximum atomic E-state index is 12.7. The number of fused-ring (bicyclic) bond motifs is 1. The summed E-state index contributed by atoms with van der Waals surface area (Å²) in [5.74, 6) is 2.24. The standard InChI is InChI=1S/C29H33N3O3/c1-19-13-14-20(2)26(17-19)35-18-27(33)30-23(5)29-31-24-11-6-7-12-25(24)32(29)15-16-34-28-21(3)9-8-10-22(28)4/h6-14,17,23H,15-16,18H2,1-5H3,(H,30,33). The molecule has 3 aromatic carbocycles. The molecule has 0 aliphatic heterocycles. The Morgan fingerprint density at radius 2 is 1.69 bits per heavy atom. The third kappa shape index (κ3) is 5.65. The predicted molar refractivity (Wildman–Crippen MR) is 139 cm³/mol. The lowest BCUT2D eigenvalue weighted by Gasteiger charge is -2.18. The van der Waals surface area contributed by atoms with Crippen LogP contribution < -0.4 is 14.8 Å². The summed E-state index contributed by atoms with van der Waals surface area (Å²) in [7, 11) is 0. The van der Waals surface area contributed by atoms with Gasteiger partial charge in [0.05, 0.1) is 23.6 Å². The number of imidazole rings is 1. The summed E-state index contributed by atoms with van der Waals surface area (Å²) in [5, 5.41) is 3.04. The lowest BCUT2D eigenvalue weighted by atomic mass is 10.1. The van der Waals surface area contributed by atoms with Gasteiger partial charge in [0.2, 0.25) is 0 Å². The summed E-state index contributed by atoms with van der Waals surface area (Å²) in [6, 6.07) is 19.8. The van der Waals surface area contributed by atoms with E-state index in [4.69, 9.17) is 14.5 Å². The number of hydrogen-bond donors (Lipinski definition) is 1. The second-order valence-corrected chi connectivity index (χ2v) is 9.03. The van der Waals surface area contributed by atoms with Crippen LogP contribution in [0.2, 0.25) is 0 Å². The van der Waals surface area contributed by atoms with Crippen LogP contribution in [0.3, 0.4) is 0 Å². The molecule has 0 aliphatic rings. The van der Waals surface area contributed by atoms with Gasteiger partial charge in [-0.05, 0) is 75.1 Å². The molecule has 182 valence electrons. The third-order valence-corrected chi connectivity index (χ3v) is 6.12. The molecular formula is C29H33N3O3. The fraction of sp³-hybridized carbons (Fsp3) is 0.310. The molecule has 1 amide bonds. The molecule has 1 atom stereocenters. The molecule has 35 heavy (non-hydrogen) atoms. The first-order valence-electron chi connectivity index (χ1n) is 12.0. The molecule has 6 heteroatoms. The molecule has 1 unspecified atom stereocenters. The Morgan fingerprint density at radius 3 is 2.46 bits per heavy atom. The molecule has 0 aliphatic carbocycles. The van der Waals surface area contributed by atoms with E-state index in [0.717, 1.165) is 50.6 Å². The van der Waals surface area contributed by atoms with Crippen molar-refractivity contribution in [3.63, 3.8) is 0 Å². The lowest BCUT2D eigenvalue weighted by molar-refractivity contribution is -0.123. The van der Waals surface area contributed by atoms with E-state index in [1.165, 1.54) is 0 Å². The van der Waals surface area contributed by atoms with Gasteiger partial charge in [-0.1, -0.05) is 42.5 Å². The van der Waals surface area contributed by atoms with Crippen LogP contribution >= 0.6 is 0 Å². The normalized spacial score (nSPS) is 11.9. The fourth-order valence-electron chi connectivity index (χ4n) is 4.28. The minimum absolute atomic E-state index is 0.0511. The Kier molecular flexibility index (Phi) is 7.39. The van der Waals surface area contributed by atoms with Gasteiger partial charge in [0.25, 0.3) is 5.91 Å². The van der Waals surface area contributed by atoms with Crippen LogP contribution in [0, 0.1) is 27.7 Å². The first-order valence-corrected chi connectivity index (χ1v) is 12.0. The lowest BCUT2D eigenvalue weighted by Crippen LogP contribution is -2.33. The van der Waals surface area contributed by atoms with Gasteiger partial charge < -0.3 is 19.4 Å². The molecule has 1 heterocycles. The van der Waals surface area contributed by atoms with Crippen molar-refractivity contribution >= 4 is 16.9 Å². The van der Waals surface area contributed by atoms with Gasteiger partial charge in [-0.15, -0.1) is 0 Å². The van der Waals surface area contributed by atoms with Gasteiger partial charge in [0, 0.05) is 0 Å². The summed E-state index contributed by atoms with van der Waals surface area (Å²) < 4.78 is 14.1. The number of rotatable bonds is 9. The van der Waals surface area contributed by atoms with E-state index in [2.05, 4.69) is 35.9 Å². The number of benzene rings is 3. The molecule has 1 aromatic heterocycles. The van der Waals surface area contributed by atoms with E-state index in [1.807, 2.05) is 69.3 Å². The summed E-state index contributed by atoms with van der Waals surface area (Å²) in [4.78, 5) is 17.5. The highest BCUT2D eigenvalue weighted by Gasteiger charge is 2.19. The zero-order valence-corrected chi connectivity index (χ0v) is 21.1. The number of para-hydroxylation sites is 3. The first kappa shape index (κ1) is 24.3. The highest BCUT2D eigenvalue weighted by atomic mass is 16.5. The van der Waals surface area contributed by atoms with Gasteiger partial charge in [-0.3, -0.25) is 4.79 Å². The minimum atomic E-state index is -0.294. The van der Waals surface area contributed by atoms with Crippen molar-refractivity contribution in [2.24, 2.45) is 0 Å².